The van der Waals surface area contributed by atoms with E-state index in [1.165, 1.54) is 25.7 Å². The first kappa shape index (κ1) is 6.41. The Bertz CT molecular complexity index is 151. The molecule has 0 heterocycles. The van der Waals surface area contributed by atoms with Crippen LogP contribution in [0.3, 0.4) is 0 Å². The summed E-state index contributed by atoms with van der Waals surface area (Å²) in [6, 6.07) is 0.470. The predicted octanol–water partition coefficient (Wildman–Crippen LogP) is 1.69. The molecule has 1 fully saturated rings. The molecule has 0 aliphatic heterocycles. The van der Waals surface area contributed by atoms with Crippen LogP contribution in [0, 0.1) is 11.8 Å². The van der Waals surface area contributed by atoms with Crippen LogP contribution in [0.1, 0.15) is 25.7 Å². The topological polar surface area (TPSA) is 26.0 Å². The third-order valence-corrected chi connectivity index (χ3v) is 2.87. The molecule has 0 aromatic heterocycles. The minimum absolute atomic E-state index is 0.470. The SMILES string of the molecule is N[C@H]1C[C@H]2C=C[C@@H]1CCC2. The lowest BCUT2D eigenvalue weighted by Crippen LogP contribution is -2.31. The maximum absolute atomic E-state index is 5.97. The lowest BCUT2D eigenvalue weighted by atomic mass is 9.87. The normalized spacial score (nSPS) is 45.5. The molecule has 3 aliphatic carbocycles. The van der Waals surface area contributed by atoms with Crippen LogP contribution in [-0.4, -0.2) is 6.04 Å². The molecule has 10 heavy (non-hydrogen) atoms. The highest BCUT2D eigenvalue weighted by Crippen LogP contribution is 2.32. The van der Waals surface area contributed by atoms with Crippen LogP contribution >= 0.6 is 0 Å². The molecule has 0 radical (unpaired) electrons. The summed E-state index contributed by atoms with van der Waals surface area (Å²) in [7, 11) is 0. The van der Waals surface area contributed by atoms with Gasteiger partial charge in [-0.3, -0.25) is 0 Å². The van der Waals surface area contributed by atoms with E-state index in [0.29, 0.717) is 12.0 Å². The summed E-state index contributed by atoms with van der Waals surface area (Å²) in [6.07, 6.45) is 10.0. The van der Waals surface area contributed by atoms with Crippen LogP contribution in [0.2, 0.25) is 0 Å². The van der Waals surface area contributed by atoms with Gasteiger partial charge in [0.25, 0.3) is 0 Å². The molecule has 3 atom stereocenters. The Hall–Kier alpha value is -0.300. The summed E-state index contributed by atoms with van der Waals surface area (Å²) >= 11 is 0. The monoisotopic (exact) mass is 137 g/mol. The molecule has 1 nitrogen and oxygen atoms in total. The van der Waals surface area contributed by atoms with Crippen molar-refractivity contribution < 1.29 is 0 Å². The van der Waals surface area contributed by atoms with Crippen molar-refractivity contribution >= 4 is 0 Å². The van der Waals surface area contributed by atoms with Gasteiger partial charge in [0, 0.05) is 6.04 Å². The van der Waals surface area contributed by atoms with Gasteiger partial charge in [0.05, 0.1) is 0 Å². The van der Waals surface area contributed by atoms with Gasteiger partial charge in [-0.05, 0) is 31.1 Å². The standard InChI is InChI=1S/C9H15N/c10-9-6-7-2-1-3-8(9)5-4-7/h4-5,7-9H,1-3,6,10H2/t7-,8+,9+/m1/s1. The highest BCUT2D eigenvalue weighted by Gasteiger charge is 2.26. The van der Waals surface area contributed by atoms with Crippen molar-refractivity contribution in [2.45, 2.75) is 31.7 Å². The maximum Gasteiger partial charge on any atom is 0.0107 e. The molecule has 0 aromatic rings. The second-order valence-electron chi connectivity index (χ2n) is 3.64. The summed E-state index contributed by atoms with van der Waals surface area (Å²) in [5, 5.41) is 0. The Balaban J connectivity index is 2.18. The zero-order chi connectivity index (χ0) is 6.97. The lowest BCUT2D eigenvalue weighted by Gasteiger charge is -2.23. The van der Waals surface area contributed by atoms with Crippen molar-refractivity contribution in [1.82, 2.24) is 0 Å². The summed E-state index contributed by atoms with van der Waals surface area (Å²) in [6.45, 7) is 0. The van der Waals surface area contributed by atoms with Crippen LogP contribution in [0.5, 0.6) is 0 Å². The number of allylic oxidation sites excluding steroid dienone is 1. The van der Waals surface area contributed by atoms with Crippen molar-refractivity contribution in [1.29, 1.82) is 0 Å². The highest BCUT2D eigenvalue weighted by molar-refractivity contribution is 5.05. The quantitative estimate of drug-likeness (QED) is 0.505. The summed E-state index contributed by atoms with van der Waals surface area (Å²) < 4.78 is 0. The Labute approximate surface area is 62.3 Å². The van der Waals surface area contributed by atoms with E-state index in [1.807, 2.05) is 0 Å². The molecule has 0 aromatic carbocycles. The van der Waals surface area contributed by atoms with Crippen molar-refractivity contribution in [2.75, 3.05) is 0 Å². The van der Waals surface area contributed by atoms with Crippen molar-refractivity contribution in [3.8, 4) is 0 Å². The number of rotatable bonds is 0. The number of hydrogen-bond acceptors (Lipinski definition) is 1. The van der Waals surface area contributed by atoms with Gasteiger partial charge >= 0.3 is 0 Å². The van der Waals surface area contributed by atoms with Gasteiger partial charge in [0.15, 0.2) is 0 Å². The summed E-state index contributed by atoms with van der Waals surface area (Å²) in [5.74, 6) is 1.52. The fraction of sp³-hybridized carbons (Fsp3) is 0.778. The summed E-state index contributed by atoms with van der Waals surface area (Å²) in [4.78, 5) is 0. The largest absolute Gasteiger partial charge is 0.327 e. The van der Waals surface area contributed by atoms with Crippen LogP contribution < -0.4 is 5.73 Å². The van der Waals surface area contributed by atoms with E-state index in [2.05, 4.69) is 12.2 Å². The minimum atomic E-state index is 0.470. The molecule has 2 bridgehead atoms. The van der Waals surface area contributed by atoms with E-state index in [9.17, 15) is 0 Å². The van der Waals surface area contributed by atoms with Gasteiger partial charge in [-0.2, -0.15) is 0 Å². The first-order valence-electron chi connectivity index (χ1n) is 4.30. The number of nitrogens with two attached hydrogens (primary N) is 1. The fourth-order valence-corrected chi connectivity index (χ4v) is 2.19. The van der Waals surface area contributed by atoms with Crippen molar-refractivity contribution in [3.05, 3.63) is 12.2 Å². The Morgan fingerprint density at radius 3 is 2.90 bits per heavy atom. The highest BCUT2D eigenvalue weighted by atomic mass is 14.7. The van der Waals surface area contributed by atoms with Crippen LogP contribution in [0.15, 0.2) is 12.2 Å². The Morgan fingerprint density at radius 2 is 2.10 bits per heavy atom. The van der Waals surface area contributed by atoms with Gasteiger partial charge in [0.1, 0.15) is 0 Å². The fourth-order valence-electron chi connectivity index (χ4n) is 2.19. The number of fused-ring (bicyclic) bond motifs is 3. The Kier molecular flexibility index (Phi) is 1.53. The first-order chi connectivity index (χ1) is 4.86. The molecule has 1 heteroatoms. The van der Waals surface area contributed by atoms with Gasteiger partial charge in [-0.25, -0.2) is 0 Å². The average Bonchev–Trinajstić information content (AvgIpc) is 2.20. The molecule has 3 rings (SSSR count). The number of hydrogen-bond donors (Lipinski definition) is 1. The van der Waals surface area contributed by atoms with Crippen LogP contribution in [0.4, 0.5) is 0 Å². The molecule has 0 amide bonds. The summed E-state index contributed by atoms with van der Waals surface area (Å²) in [5.41, 5.74) is 5.97. The zero-order valence-corrected chi connectivity index (χ0v) is 6.29. The lowest BCUT2D eigenvalue weighted by molar-refractivity contribution is 0.427. The van der Waals surface area contributed by atoms with Gasteiger partial charge in [-0.15, -0.1) is 0 Å². The second-order valence-corrected chi connectivity index (χ2v) is 3.64. The van der Waals surface area contributed by atoms with Crippen LogP contribution in [-0.2, 0) is 0 Å². The van der Waals surface area contributed by atoms with Gasteiger partial charge in [-0.1, -0.05) is 18.6 Å². The maximum atomic E-state index is 5.97. The van der Waals surface area contributed by atoms with E-state index in [1.54, 1.807) is 0 Å². The first-order valence-corrected chi connectivity index (χ1v) is 4.30. The van der Waals surface area contributed by atoms with E-state index in [0.717, 1.165) is 5.92 Å². The van der Waals surface area contributed by atoms with Crippen molar-refractivity contribution in [2.24, 2.45) is 17.6 Å². The molecule has 2 N–H and O–H groups in total. The predicted molar refractivity (Wildman–Crippen MR) is 42.6 cm³/mol. The minimum Gasteiger partial charge on any atom is -0.327 e. The van der Waals surface area contributed by atoms with Gasteiger partial charge < -0.3 is 5.73 Å². The second kappa shape index (κ2) is 2.39. The van der Waals surface area contributed by atoms with E-state index in [4.69, 9.17) is 5.73 Å². The van der Waals surface area contributed by atoms with E-state index in [-0.39, 0.29) is 0 Å². The average molecular weight is 137 g/mol. The smallest absolute Gasteiger partial charge is 0.0107 e. The zero-order valence-electron chi connectivity index (χ0n) is 6.29. The molecule has 56 valence electrons. The van der Waals surface area contributed by atoms with Crippen LogP contribution in [0.25, 0.3) is 0 Å². The molecule has 0 unspecified atom stereocenters. The molecule has 0 saturated heterocycles. The van der Waals surface area contributed by atoms with E-state index < -0.39 is 0 Å². The third kappa shape index (κ3) is 0.988. The third-order valence-electron chi connectivity index (χ3n) is 2.87. The van der Waals surface area contributed by atoms with Gasteiger partial charge in [0.2, 0.25) is 0 Å². The van der Waals surface area contributed by atoms with Crippen molar-refractivity contribution in [3.63, 3.8) is 0 Å². The molecule has 0 spiro atoms. The van der Waals surface area contributed by atoms with E-state index >= 15 is 0 Å². The molecule has 1 saturated carbocycles. The molecule has 3 aliphatic rings. The Morgan fingerprint density at radius 1 is 1.20 bits per heavy atom. The molecular weight excluding hydrogens is 122 g/mol. The molecular formula is C9H15N.